The Morgan fingerprint density at radius 3 is 2.53 bits per heavy atom. The molecule has 7 nitrogen and oxygen atoms in total. The number of aryl methyl sites for hydroxylation is 2. The lowest BCUT2D eigenvalue weighted by Gasteiger charge is -2.16. The van der Waals surface area contributed by atoms with Crippen LogP contribution >= 0.6 is 11.6 Å². The fourth-order valence-electron chi connectivity index (χ4n) is 3.51. The standard InChI is InChI=1S/C25H30ClN3O4S/c1-4-6-7-14-33-21-13-10-19(22(26)15-21)16-28-17-23(27-24(28)5-2)25(30)29(34(31)32)20-11-8-18(3)9-12-20/h8-13,15,17H,4-7,14,16H2,1-3H3,(H,31,32). The summed E-state index contributed by atoms with van der Waals surface area (Å²) < 4.78 is 30.2. The highest BCUT2D eigenvalue weighted by Crippen LogP contribution is 2.25. The lowest BCUT2D eigenvalue weighted by Crippen LogP contribution is -2.32. The van der Waals surface area contributed by atoms with Gasteiger partial charge in [-0.1, -0.05) is 62.1 Å². The molecule has 34 heavy (non-hydrogen) atoms. The average Bonchev–Trinajstić information content (AvgIpc) is 3.22. The zero-order valence-corrected chi connectivity index (χ0v) is 21.2. The largest absolute Gasteiger partial charge is 0.494 e. The van der Waals surface area contributed by atoms with Gasteiger partial charge in [0.2, 0.25) is 0 Å². The van der Waals surface area contributed by atoms with Crippen LogP contribution in [0.1, 0.15) is 60.5 Å². The van der Waals surface area contributed by atoms with E-state index in [-0.39, 0.29) is 5.69 Å². The average molecular weight is 504 g/mol. The summed E-state index contributed by atoms with van der Waals surface area (Å²) in [6.07, 6.45) is 5.44. The zero-order chi connectivity index (χ0) is 24.7. The first-order chi connectivity index (χ1) is 16.3. The smallest absolute Gasteiger partial charge is 0.292 e. The monoisotopic (exact) mass is 503 g/mol. The van der Waals surface area contributed by atoms with Crippen LogP contribution in [0, 0.1) is 6.92 Å². The summed E-state index contributed by atoms with van der Waals surface area (Å²) in [7, 11) is 0. The minimum Gasteiger partial charge on any atom is -0.494 e. The van der Waals surface area contributed by atoms with Gasteiger partial charge in [-0.15, -0.1) is 0 Å². The van der Waals surface area contributed by atoms with Crippen LogP contribution in [-0.4, -0.2) is 30.8 Å². The Balaban J connectivity index is 1.80. The van der Waals surface area contributed by atoms with E-state index in [0.717, 1.165) is 40.4 Å². The summed E-state index contributed by atoms with van der Waals surface area (Å²) in [5.74, 6) is 0.744. The lowest BCUT2D eigenvalue weighted by atomic mass is 10.2. The number of unbranched alkanes of at least 4 members (excludes halogenated alkanes) is 2. The molecule has 9 heteroatoms. The number of nitrogens with zero attached hydrogens (tertiary/aromatic N) is 3. The second kappa shape index (κ2) is 12.1. The van der Waals surface area contributed by atoms with Gasteiger partial charge in [-0.2, -0.15) is 0 Å². The molecule has 0 bridgehead atoms. The summed E-state index contributed by atoms with van der Waals surface area (Å²) in [4.78, 5) is 17.6. The topological polar surface area (TPSA) is 84.7 Å². The molecule has 1 N–H and O–H groups in total. The number of carbonyl (C=O) groups excluding carboxylic acids is 1. The molecule has 1 amide bonds. The van der Waals surface area contributed by atoms with Gasteiger partial charge < -0.3 is 9.30 Å². The van der Waals surface area contributed by atoms with E-state index in [9.17, 15) is 13.6 Å². The van der Waals surface area contributed by atoms with E-state index < -0.39 is 17.2 Å². The van der Waals surface area contributed by atoms with Crippen LogP contribution in [0.4, 0.5) is 5.69 Å². The molecule has 0 aliphatic heterocycles. The van der Waals surface area contributed by atoms with Gasteiger partial charge in [0.1, 0.15) is 17.3 Å². The molecule has 1 aromatic heterocycles. The van der Waals surface area contributed by atoms with Crippen molar-refractivity contribution in [2.75, 3.05) is 10.9 Å². The van der Waals surface area contributed by atoms with Crippen molar-refractivity contribution in [3.05, 3.63) is 76.3 Å². The van der Waals surface area contributed by atoms with Crippen LogP contribution in [0.15, 0.2) is 48.7 Å². The van der Waals surface area contributed by atoms with E-state index in [0.29, 0.717) is 36.1 Å². The van der Waals surface area contributed by atoms with Crippen molar-refractivity contribution in [1.82, 2.24) is 9.55 Å². The quantitative estimate of drug-likeness (QED) is 0.264. The van der Waals surface area contributed by atoms with E-state index in [1.54, 1.807) is 36.5 Å². The molecule has 0 saturated heterocycles. The van der Waals surface area contributed by atoms with Crippen molar-refractivity contribution in [1.29, 1.82) is 0 Å². The molecule has 1 atom stereocenters. The number of anilines is 1. The van der Waals surface area contributed by atoms with E-state index in [2.05, 4.69) is 11.9 Å². The van der Waals surface area contributed by atoms with Gasteiger partial charge >= 0.3 is 0 Å². The molecule has 1 heterocycles. The Hall–Kier alpha value is -2.68. The number of aromatic nitrogens is 2. The second-order valence-electron chi connectivity index (χ2n) is 8.00. The third kappa shape index (κ3) is 6.46. The van der Waals surface area contributed by atoms with Crippen molar-refractivity contribution in [3.8, 4) is 5.75 Å². The summed E-state index contributed by atoms with van der Waals surface area (Å²) >= 11 is 3.97. The number of halogens is 1. The molecule has 3 rings (SSSR count). The molecule has 1 unspecified atom stereocenters. The first-order valence-electron chi connectivity index (χ1n) is 11.3. The van der Waals surface area contributed by atoms with Gasteiger partial charge in [0.15, 0.2) is 0 Å². The zero-order valence-electron chi connectivity index (χ0n) is 19.7. The fraction of sp³-hybridized carbons (Fsp3) is 0.360. The predicted octanol–water partition coefficient (Wildman–Crippen LogP) is 5.81. The fourth-order valence-corrected chi connectivity index (χ4v) is 4.28. The summed E-state index contributed by atoms with van der Waals surface area (Å²) in [6, 6.07) is 12.4. The molecule has 3 aromatic rings. The molecular weight excluding hydrogens is 474 g/mol. The Bertz CT molecular complexity index is 1150. The molecule has 0 fully saturated rings. The van der Waals surface area contributed by atoms with Gasteiger partial charge in [-0.3, -0.25) is 9.35 Å². The van der Waals surface area contributed by atoms with Gasteiger partial charge in [0.05, 0.1) is 18.8 Å². The van der Waals surface area contributed by atoms with Gasteiger partial charge in [0.25, 0.3) is 17.2 Å². The highest BCUT2D eigenvalue weighted by Gasteiger charge is 2.26. The van der Waals surface area contributed by atoms with Crippen molar-refractivity contribution in [2.45, 2.75) is 53.0 Å². The Labute approximate surface area is 208 Å². The third-order valence-corrected chi connectivity index (χ3v) is 6.43. The Morgan fingerprint density at radius 2 is 1.91 bits per heavy atom. The molecule has 0 spiro atoms. The summed E-state index contributed by atoms with van der Waals surface area (Å²) in [5.41, 5.74) is 2.25. The van der Waals surface area contributed by atoms with Crippen LogP contribution in [0.3, 0.4) is 0 Å². The van der Waals surface area contributed by atoms with E-state index >= 15 is 0 Å². The lowest BCUT2D eigenvalue weighted by molar-refractivity contribution is 0.100. The van der Waals surface area contributed by atoms with Gasteiger partial charge in [-0.05, 0) is 43.2 Å². The SMILES string of the molecule is CCCCCOc1ccc(Cn2cc(C(=O)N(c3ccc(C)cc3)S(=O)O)nc2CC)c(Cl)c1. The Kier molecular flexibility index (Phi) is 9.27. The van der Waals surface area contributed by atoms with Crippen molar-refractivity contribution < 1.29 is 18.3 Å². The summed E-state index contributed by atoms with van der Waals surface area (Å²) in [5, 5.41) is 0.564. The number of rotatable bonds is 11. The highest BCUT2D eigenvalue weighted by atomic mass is 35.5. The second-order valence-corrected chi connectivity index (χ2v) is 9.23. The number of benzene rings is 2. The summed E-state index contributed by atoms with van der Waals surface area (Å²) in [6.45, 7) is 7.04. The normalized spacial score (nSPS) is 11.9. The maximum absolute atomic E-state index is 13.1. The Morgan fingerprint density at radius 1 is 1.18 bits per heavy atom. The molecule has 0 saturated carbocycles. The van der Waals surface area contributed by atoms with Crippen LogP contribution in [-0.2, 0) is 24.2 Å². The number of hydrogen-bond donors (Lipinski definition) is 1. The first kappa shape index (κ1) is 25.9. The van der Waals surface area contributed by atoms with E-state index in [1.807, 2.05) is 30.5 Å². The molecule has 182 valence electrons. The number of amides is 1. The maximum atomic E-state index is 13.1. The van der Waals surface area contributed by atoms with Crippen molar-refractivity contribution >= 4 is 34.5 Å². The minimum atomic E-state index is -2.54. The van der Waals surface area contributed by atoms with Gasteiger partial charge in [-0.25, -0.2) is 13.5 Å². The van der Waals surface area contributed by atoms with Crippen LogP contribution in [0.5, 0.6) is 5.75 Å². The van der Waals surface area contributed by atoms with Crippen LogP contribution < -0.4 is 9.04 Å². The van der Waals surface area contributed by atoms with Crippen molar-refractivity contribution in [2.24, 2.45) is 0 Å². The molecule has 0 aliphatic rings. The predicted molar refractivity (Wildman–Crippen MR) is 136 cm³/mol. The van der Waals surface area contributed by atoms with Crippen LogP contribution in [0.25, 0.3) is 0 Å². The number of ether oxygens (including phenoxy) is 1. The molecular formula is C25H30ClN3O4S. The minimum absolute atomic E-state index is 0.0897. The van der Waals surface area contributed by atoms with Crippen LogP contribution in [0.2, 0.25) is 5.02 Å². The molecule has 0 aliphatic carbocycles. The molecule has 0 radical (unpaired) electrons. The number of imidazole rings is 1. The third-order valence-electron chi connectivity index (χ3n) is 5.39. The highest BCUT2D eigenvalue weighted by molar-refractivity contribution is 7.81. The first-order valence-corrected chi connectivity index (χ1v) is 12.8. The van der Waals surface area contributed by atoms with E-state index in [4.69, 9.17) is 16.3 Å². The number of carbonyl (C=O) groups is 1. The van der Waals surface area contributed by atoms with Crippen molar-refractivity contribution in [3.63, 3.8) is 0 Å². The van der Waals surface area contributed by atoms with Gasteiger partial charge in [0, 0.05) is 17.6 Å². The van der Waals surface area contributed by atoms with E-state index in [1.165, 1.54) is 0 Å². The molecule has 2 aromatic carbocycles. The number of hydrogen-bond acceptors (Lipinski definition) is 4. The maximum Gasteiger partial charge on any atom is 0.292 e.